The Hall–Kier alpha value is -1.89. The van der Waals surface area contributed by atoms with Gasteiger partial charge in [-0.3, -0.25) is 10.1 Å². The fraction of sp³-hybridized carbons (Fsp3) is 0.615. The number of nitrogens with zero attached hydrogens (tertiary/aromatic N) is 2. The Morgan fingerprint density at radius 2 is 2.20 bits per heavy atom. The van der Waals surface area contributed by atoms with E-state index in [1.54, 1.807) is 0 Å². The molecule has 7 heteroatoms. The predicted octanol–water partition coefficient (Wildman–Crippen LogP) is 2.51. The van der Waals surface area contributed by atoms with Crippen molar-refractivity contribution < 1.29 is 4.92 Å². The Labute approximate surface area is 118 Å². The fourth-order valence-corrected chi connectivity index (χ4v) is 2.73. The molecule has 0 saturated heterocycles. The lowest BCUT2D eigenvalue weighted by molar-refractivity contribution is -0.384. The first kappa shape index (κ1) is 14.5. The number of aromatic nitrogens is 1. The van der Waals surface area contributed by atoms with Gasteiger partial charge in [0.25, 0.3) is 0 Å². The predicted molar refractivity (Wildman–Crippen MR) is 78.3 cm³/mol. The summed E-state index contributed by atoms with van der Waals surface area (Å²) in [5, 5.41) is 14.1. The molecule has 1 fully saturated rings. The van der Waals surface area contributed by atoms with Crippen LogP contribution in [-0.4, -0.2) is 16.5 Å². The molecule has 0 bridgehead atoms. The zero-order valence-corrected chi connectivity index (χ0v) is 11.6. The van der Waals surface area contributed by atoms with Crippen LogP contribution in [0.2, 0.25) is 0 Å². The summed E-state index contributed by atoms with van der Waals surface area (Å²) in [6, 6.07) is 2.90. The Morgan fingerprint density at radius 1 is 1.45 bits per heavy atom. The number of hydrogen-bond acceptors (Lipinski definition) is 6. The van der Waals surface area contributed by atoms with Crippen LogP contribution in [-0.2, 0) is 0 Å². The summed E-state index contributed by atoms with van der Waals surface area (Å²) in [7, 11) is 0. The lowest BCUT2D eigenvalue weighted by Gasteiger charge is -2.28. The molecule has 4 N–H and O–H groups in total. The van der Waals surface area contributed by atoms with Gasteiger partial charge in [0.15, 0.2) is 0 Å². The molecule has 1 aliphatic carbocycles. The highest BCUT2D eigenvalue weighted by atomic mass is 16.6. The second kappa shape index (κ2) is 6.51. The van der Waals surface area contributed by atoms with Gasteiger partial charge in [-0.05, 0) is 24.3 Å². The molecule has 0 radical (unpaired) electrons. The minimum absolute atomic E-state index is 0.0209. The number of nitro groups is 1. The highest BCUT2D eigenvalue weighted by molar-refractivity contribution is 5.59. The second-order valence-electron chi connectivity index (χ2n) is 5.37. The standard InChI is InChI=1S/C13H21N5O2/c1-9-4-2-3-5-10(9)8-15-13-11(18(19)20)6-7-12(16-13)17-14/h6-7,9-10H,2-5,8,14H2,1H3,(H2,15,16,17). The van der Waals surface area contributed by atoms with Gasteiger partial charge >= 0.3 is 5.69 Å². The average Bonchev–Trinajstić information content (AvgIpc) is 2.46. The summed E-state index contributed by atoms with van der Waals surface area (Å²) in [6.07, 6.45) is 4.91. The van der Waals surface area contributed by atoms with Gasteiger partial charge in [-0.2, -0.15) is 0 Å². The van der Waals surface area contributed by atoms with Crippen LogP contribution in [0.25, 0.3) is 0 Å². The number of nitrogens with two attached hydrogens (primary N) is 1. The number of nitrogen functional groups attached to an aromatic ring is 1. The van der Waals surface area contributed by atoms with E-state index in [2.05, 4.69) is 22.7 Å². The molecule has 2 unspecified atom stereocenters. The van der Waals surface area contributed by atoms with Crippen molar-refractivity contribution in [1.82, 2.24) is 4.98 Å². The molecule has 1 aromatic heterocycles. The highest BCUT2D eigenvalue weighted by Gasteiger charge is 2.23. The summed E-state index contributed by atoms with van der Waals surface area (Å²) in [4.78, 5) is 14.7. The van der Waals surface area contributed by atoms with Gasteiger partial charge in [0.05, 0.1) is 4.92 Å². The van der Waals surface area contributed by atoms with Gasteiger partial charge in [-0.25, -0.2) is 10.8 Å². The Bertz CT molecular complexity index is 480. The van der Waals surface area contributed by atoms with Gasteiger partial charge in [0.1, 0.15) is 5.82 Å². The maximum atomic E-state index is 11.0. The molecule has 110 valence electrons. The van der Waals surface area contributed by atoms with Crippen molar-refractivity contribution in [2.75, 3.05) is 17.3 Å². The lowest BCUT2D eigenvalue weighted by atomic mass is 9.80. The lowest BCUT2D eigenvalue weighted by Crippen LogP contribution is -2.25. The first-order valence-electron chi connectivity index (χ1n) is 6.97. The molecule has 7 nitrogen and oxygen atoms in total. The SMILES string of the molecule is CC1CCCCC1CNc1nc(NN)ccc1[N+](=O)[O-]. The van der Waals surface area contributed by atoms with E-state index in [0.29, 0.717) is 24.2 Å². The third-order valence-electron chi connectivity index (χ3n) is 4.04. The van der Waals surface area contributed by atoms with Crippen LogP contribution in [0.15, 0.2) is 12.1 Å². The van der Waals surface area contributed by atoms with Crippen molar-refractivity contribution in [3.8, 4) is 0 Å². The van der Waals surface area contributed by atoms with E-state index < -0.39 is 4.92 Å². The molecule has 1 heterocycles. The summed E-state index contributed by atoms with van der Waals surface area (Å²) in [6.45, 7) is 2.95. The first-order valence-corrected chi connectivity index (χ1v) is 6.97. The first-order chi connectivity index (χ1) is 9.61. The van der Waals surface area contributed by atoms with Gasteiger partial charge in [0.2, 0.25) is 5.82 Å². The highest BCUT2D eigenvalue weighted by Crippen LogP contribution is 2.31. The number of anilines is 2. The van der Waals surface area contributed by atoms with Crippen LogP contribution >= 0.6 is 0 Å². The zero-order valence-electron chi connectivity index (χ0n) is 11.6. The van der Waals surface area contributed by atoms with Gasteiger partial charge in [0, 0.05) is 12.6 Å². The van der Waals surface area contributed by atoms with Crippen molar-refractivity contribution in [3.63, 3.8) is 0 Å². The van der Waals surface area contributed by atoms with Crippen molar-refractivity contribution in [2.45, 2.75) is 32.6 Å². The zero-order chi connectivity index (χ0) is 14.5. The quantitative estimate of drug-likeness (QED) is 0.434. The number of rotatable bonds is 5. The van der Waals surface area contributed by atoms with Gasteiger partial charge in [-0.1, -0.05) is 26.2 Å². The van der Waals surface area contributed by atoms with E-state index >= 15 is 0 Å². The fourth-order valence-electron chi connectivity index (χ4n) is 2.73. The molecule has 1 saturated carbocycles. The molecule has 0 aliphatic heterocycles. The topological polar surface area (TPSA) is 106 Å². The molecule has 0 amide bonds. The van der Waals surface area contributed by atoms with E-state index in [0.717, 1.165) is 6.42 Å². The van der Waals surface area contributed by atoms with Gasteiger partial charge < -0.3 is 10.7 Å². The molecule has 1 aromatic rings. The molecule has 20 heavy (non-hydrogen) atoms. The van der Waals surface area contributed by atoms with E-state index in [9.17, 15) is 10.1 Å². The van der Waals surface area contributed by atoms with Crippen molar-refractivity contribution >= 4 is 17.3 Å². The third kappa shape index (κ3) is 3.36. The largest absolute Gasteiger partial charge is 0.364 e. The van der Waals surface area contributed by atoms with Crippen LogP contribution in [0.4, 0.5) is 17.3 Å². The summed E-state index contributed by atoms with van der Waals surface area (Å²) in [5.74, 6) is 7.17. The smallest absolute Gasteiger partial charge is 0.311 e. The van der Waals surface area contributed by atoms with E-state index in [-0.39, 0.29) is 11.5 Å². The summed E-state index contributed by atoms with van der Waals surface area (Å²) in [5.41, 5.74) is 2.39. The molecular weight excluding hydrogens is 258 g/mol. The Kier molecular flexibility index (Phi) is 4.73. The normalized spacial score (nSPS) is 22.3. The molecule has 0 spiro atoms. The van der Waals surface area contributed by atoms with Crippen molar-refractivity contribution in [2.24, 2.45) is 17.7 Å². The molecule has 0 aromatic carbocycles. The number of pyridine rings is 1. The number of nitrogens with one attached hydrogen (secondary N) is 2. The van der Waals surface area contributed by atoms with E-state index in [1.165, 1.54) is 31.4 Å². The molecule has 1 aliphatic rings. The monoisotopic (exact) mass is 279 g/mol. The second-order valence-corrected chi connectivity index (χ2v) is 5.37. The van der Waals surface area contributed by atoms with Crippen LogP contribution in [0.1, 0.15) is 32.6 Å². The minimum Gasteiger partial charge on any atom is -0.364 e. The summed E-state index contributed by atoms with van der Waals surface area (Å²) < 4.78 is 0. The minimum atomic E-state index is -0.431. The molecular formula is C13H21N5O2. The van der Waals surface area contributed by atoms with Crippen molar-refractivity contribution in [1.29, 1.82) is 0 Å². The maximum absolute atomic E-state index is 11.0. The van der Waals surface area contributed by atoms with E-state index in [4.69, 9.17) is 5.84 Å². The van der Waals surface area contributed by atoms with Crippen LogP contribution in [0.3, 0.4) is 0 Å². The average molecular weight is 279 g/mol. The van der Waals surface area contributed by atoms with Crippen LogP contribution < -0.4 is 16.6 Å². The molecule has 2 rings (SSSR count). The Morgan fingerprint density at radius 3 is 2.85 bits per heavy atom. The van der Waals surface area contributed by atoms with Crippen LogP contribution in [0, 0.1) is 22.0 Å². The van der Waals surface area contributed by atoms with E-state index in [1.807, 2.05) is 0 Å². The third-order valence-corrected chi connectivity index (χ3v) is 4.04. The van der Waals surface area contributed by atoms with Crippen molar-refractivity contribution in [3.05, 3.63) is 22.2 Å². The van der Waals surface area contributed by atoms with Crippen LogP contribution in [0.5, 0.6) is 0 Å². The summed E-state index contributed by atoms with van der Waals surface area (Å²) >= 11 is 0. The van der Waals surface area contributed by atoms with Gasteiger partial charge in [-0.15, -0.1) is 0 Å². The number of hydrogen-bond donors (Lipinski definition) is 3. The molecule has 2 atom stereocenters. The number of hydrazine groups is 1. The maximum Gasteiger partial charge on any atom is 0.311 e. The Balaban J connectivity index is 2.08.